The molecule has 128 valence electrons. The lowest BCUT2D eigenvalue weighted by Crippen LogP contribution is -2.02. The minimum Gasteiger partial charge on any atom is -0.485 e. The number of hydrogen-bond donors (Lipinski definition) is 0. The van der Waals surface area contributed by atoms with Crippen molar-refractivity contribution in [3.8, 4) is 17.2 Å². The Morgan fingerprint density at radius 2 is 2.28 bits per heavy atom. The minimum atomic E-state index is -0.417. The molecule has 0 unspecified atom stereocenters. The van der Waals surface area contributed by atoms with Crippen LogP contribution in [0.2, 0.25) is 0 Å². The first kappa shape index (κ1) is 15.4. The van der Waals surface area contributed by atoms with Gasteiger partial charge in [-0.15, -0.1) is 0 Å². The van der Waals surface area contributed by atoms with Gasteiger partial charge in [-0.25, -0.2) is 4.79 Å². The first-order chi connectivity index (χ1) is 12.2. The van der Waals surface area contributed by atoms with Crippen LogP contribution in [-0.4, -0.2) is 33.0 Å². The van der Waals surface area contributed by atoms with Gasteiger partial charge >= 0.3 is 5.97 Å². The maximum absolute atomic E-state index is 11.5. The molecule has 8 heteroatoms. The van der Waals surface area contributed by atoms with E-state index in [-0.39, 0.29) is 6.61 Å². The summed E-state index contributed by atoms with van der Waals surface area (Å²) in [5.74, 6) is 0.933. The average molecular weight is 340 g/mol. The van der Waals surface area contributed by atoms with Gasteiger partial charge in [0.25, 0.3) is 5.89 Å². The fourth-order valence-electron chi connectivity index (χ4n) is 2.40. The third-order valence-electron chi connectivity index (χ3n) is 3.86. The highest BCUT2D eigenvalue weighted by Gasteiger charge is 2.25. The van der Waals surface area contributed by atoms with Gasteiger partial charge in [0.05, 0.1) is 30.5 Å². The molecule has 0 radical (unpaired) electrons. The summed E-state index contributed by atoms with van der Waals surface area (Å²) >= 11 is 0. The fourth-order valence-corrected chi connectivity index (χ4v) is 2.40. The number of nitrogens with zero attached hydrogens (tertiary/aromatic N) is 4. The van der Waals surface area contributed by atoms with E-state index < -0.39 is 5.97 Å². The summed E-state index contributed by atoms with van der Waals surface area (Å²) in [4.78, 5) is 15.8. The van der Waals surface area contributed by atoms with Crippen LogP contribution in [-0.2, 0) is 11.3 Å². The van der Waals surface area contributed by atoms with Crippen molar-refractivity contribution in [3.63, 3.8) is 0 Å². The van der Waals surface area contributed by atoms with Crippen LogP contribution in [0.5, 0.6) is 5.75 Å². The van der Waals surface area contributed by atoms with Crippen molar-refractivity contribution in [2.24, 2.45) is 0 Å². The lowest BCUT2D eigenvalue weighted by molar-refractivity contribution is 0.0600. The molecule has 2 heterocycles. The Morgan fingerprint density at radius 1 is 1.40 bits per heavy atom. The van der Waals surface area contributed by atoms with Gasteiger partial charge in [0.1, 0.15) is 5.75 Å². The van der Waals surface area contributed by atoms with Crippen LogP contribution in [0.3, 0.4) is 0 Å². The number of carbonyl (C=O) groups excluding carboxylic acids is 1. The number of hydrogen-bond acceptors (Lipinski definition) is 7. The summed E-state index contributed by atoms with van der Waals surface area (Å²) in [5.41, 5.74) is 1.21. The molecule has 3 aromatic rings. The number of benzene rings is 1. The largest absolute Gasteiger partial charge is 0.485 e. The molecule has 8 nitrogen and oxygen atoms in total. The van der Waals surface area contributed by atoms with Gasteiger partial charge < -0.3 is 14.0 Å². The molecular formula is C17H16N4O4. The van der Waals surface area contributed by atoms with E-state index in [9.17, 15) is 4.79 Å². The van der Waals surface area contributed by atoms with Crippen LogP contribution in [0.1, 0.15) is 35.1 Å². The maximum atomic E-state index is 11.5. The first-order valence-corrected chi connectivity index (χ1v) is 7.91. The SMILES string of the molecule is COC(=O)c1cccc(OCc2noc(-c3cnn(C4CC4)c3)n2)c1. The average Bonchev–Trinajstić information content (AvgIpc) is 3.19. The van der Waals surface area contributed by atoms with E-state index in [1.165, 1.54) is 7.11 Å². The van der Waals surface area contributed by atoms with Crippen molar-refractivity contribution in [3.05, 3.63) is 48.0 Å². The van der Waals surface area contributed by atoms with Crippen LogP contribution in [0, 0.1) is 0 Å². The monoisotopic (exact) mass is 340 g/mol. The Hall–Kier alpha value is -3.16. The predicted molar refractivity (Wildman–Crippen MR) is 85.9 cm³/mol. The second kappa shape index (κ2) is 6.39. The molecule has 1 aromatic carbocycles. The highest BCUT2D eigenvalue weighted by Crippen LogP contribution is 2.35. The van der Waals surface area contributed by atoms with Crippen LogP contribution >= 0.6 is 0 Å². The van der Waals surface area contributed by atoms with Crippen LogP contribution < -0.4 is 4.74 Å². The summed E-state index contributed by atoms with van der Waals surface area (Å²) in [7, 11) is 1.34. The smallest absolute Gasteiger partial charge is 0.337 e. The van der Waals surface area contributed by atoms with Crippen molar-refractivity contribution in [2.45, 2.75) is 25.5 Å². The van der Waals surface area contributed by atoms with E-state index in [1.54, 1.807) is 30.5 Å². The fraction of sp³-hybridized carbons (Fsp3) is 0.294. The lowest BCUT2D eigenvalue weighted by Gasteiger charge is -2.04. The second-order valence-electron chi connectivity index (χ2n) is 5.76. The normalized spacial score (nSPS) is 13.6. The molecule has 1 aliphatic rings. The Kier molecular flexibility index (Phi) is 3.93. The highest BCUT2D eigenvalue weighted by atomic mass is 16.5. The molecule has 0 saturated heterocycles. The number of ether oxygens (including phenoxy) is 2. The first-order valence-electron chi connectivity index (χ1n) is 7.91. The van der Waals surface area contributed by atoms with E-state index in [0.717, 1.165) is 18.4 Å². The van der Waals surface area contributed by atoms with Gasteiger partial charge in [-0.1, -0.05) is 11.2 Å². The Balaban J connectivity index is 1.42. The van der Waals surface area contributed by atoms with E-state index in [0.29, 0.717) is 29.1 Å². The summed E-state index contributed by atoms with van der Waals surface area (Å²) in [6.45, 7) is 0.130. The third-order valence-corrected chi connectivity index (χ3v) is 3.86. The number of carbonyl (C=O) groups is 1. The van der Waals surface area contributed by atoms with Gasteiger partial charge in [-0.2, -0.15) is 10.1 Å². The lowest BCUT2D eigenvalue weighted by atomic mass is 10.2. The van der Waals surface area contributed by atoms with Gasteiger partial charge in [0.2, 0.25) is 5.82 Å². The van der Waals surface area contributed by atoms with Crippen LogP contribution in [0.15, 0.2) is 41.2 Å². The van der Waals surface area contributed by atoms with E-state index in [2.05, 4.69) is 20.0 Å². The Labute approximate surface area is 143 Å². The Morgan fingerprint density at radius 3 is 3.08 bits per heavy atom. The number of esters is 1. The second-order valence-corrected chi connectivity index (χ2v) is 5.76. The zero-order valence-corrected chi connectivity index (χ0v) is 13.6. The number of methoxy groups -OCH3 is 1. The molecule has 0 N–H and O–H groups in total. The molecule has 1 aliphatic carbocycles. The summed E-state index contributed by atoms with van der Waals surface area (Å²) < 4.78 is 17.5. The van der Waals surface area contributed by atoms with Crippen molar-refractivity contribution in [1.29, 1.82) is 0 Å². The topological polar surface area (TPSA) is 92.3 Å². The summed E-state index contributed by atoms with van der Waals surface area (Å²) in [6.07, 6.45) is 5.95. The van der Waals surface area contributed by atoms with Gasteiger partial charge in [-0.3, -0.25) is 4.68 Å². The third kappa shape index (κ3) is 3.37. The number of rotatable bonds is 6. The predicted octanol–water partition coefficient (Wildman–Crippen LogP) is 2.63. The molecular weight excluding hydrogens is 324 g/mol. The van der Waals surface area contributed by atoms with E-state index in [1.807, 2.05) is 10.9 Å². The zero-order valence-electron chi connectivity index (χ0n) is 13.6. The van der Waals surface area contributed by atoms with E-state index >= 15 is 0 Å². The maximum Gasteiger partial charge on any atom is 0.337 e. The van der Waals surface area contributed by atoms with E-state index in [4.69, 9.17) is 9.26 Å². The molecule has 1 saturated carbocycles. The van der Waals surface area contributed by atoms with Crippen LogP contribution in [0.25, 0.3) is 11.5 Å². The molecule has 0 spiro atoms. The summed E-state index contributed by atoms with van der Waals surface area (Å²) in [6, 6.07) is 7.22. The standard InChI is InChI=1S/C17H16N4O4/c1-23-17(22)11-3-2-4-14(7-11)24-10-15-19-16(25-20-15)12-8-18-21(9-12)13-5-6-13/h2-4,7-9,13H,5-6,10H2,1H3. The van der Waals surface area contributed by atoms with Crippen molar-refractivity contribution >= 4 is 5.97 Å². The van der Waals surface area contributed by atoms with Crippen LogP contribution in [0.4, 0.5) is 0 Å². The Bertz CT molecular complexity index is 897. The zero-order chi connectivity index (χ0) is 17.2. The minimum absolute atomic E-state index is 0.130. The highest BCUT2D eigenvalue weighted by molar-refractivity contribution is 5.89. The quantitative estimate of drug-likeness (QED) is 0.637. The van der Waals surface area contributed by atoms with Gasteiger partial charge in [0.15, 0.2) is 6.61 Å². The summed E-state index contributed by atoms with van der Waals surface area (Å²) in [5, 5.41) is 8.22. The van der Waals surface area contributed by atoms with Crippen molar-refractivity contribution in [1.82, 2.24) is 19.9 Å². The molecule has 0 bridgehead atoms. The molecule has 0 atom stereocenters. The molecule has 2 aromatic heterocycles. The van der Waals surface area contributed by atoms with Gasteiger partial charge in [-0.05, 0) is 31.0 Å². The molecule has 0 amide bonds. The molecule has 4 rings (SSSR count). The number of aromatic nitrogens is 4. The van der Waals surface area contributed by atoms with Crippen molar-refractivity contribution in [2.75, 3.05) is 7.11 Å². The van der Waals surface area contributed by atoms with Crippen molar-refractivity contribution < 1.29 is 18.8 Å². The molecule has 1 fully saturated rings. The molecule has 25 heavy (non-hydrogen) atoms. The van der Waals surface area contributed by atoms with Gasteiger partial charge in [0, 0.05) is 6.20 Å². The molecule has 0 aliphatic heterocycles.